The molecule has 0 amide bonds. The third kappa shape index (κ3) is 3.34. The molecule has 5 rings (SSSR count). The normalized spacial score (nSPS) is 35.2. The van der Waals surface area contributed by atoms with Crippen LogP contribution in [-0.2, 0) is 5.41 Å². The molecule has 4 aliphatic carbocycles. The summed E-state index contributed by atoms with van der Waals surface area (Å²) in [7, 11) is 1.82. The molecule has 0 radical (unpaired) electrons. The van der Waals surface area contributed by atoms with Crippen LogP contribution in [-0.4, -0.2) is 30.2 Å². The third-order valence-corrected chi connectivity index (χ3v) is 5.72. The first-order valence-corrected chi connectivity index (χ1v) is 7.42. The summed E-state index contributed by atoms with van der Waals surface area (Å²) < 4.78 is 5.63. The summed E-state index contributed by atoms with van der Waals surface area (Å²) in [4.78, 5) is 0. The summed E-state index contributed by atoms with van der Waals surface area (Å²) in [6, 6.07) is 8.76. The van der Waals surface area contributed by atoms with E-state index in [2.05, 4.69) is 24.3 Å². The maximum absolute atomic E-state index is 5.63. The molecule has 21 heavy (non-hydrogen) atoms. The van der Waals surface area contributed by atoms with Gasteiger partial charge in [-0.3, -0.25) is 0 Å². The van der Waals surface area contributed by atoms with Gasteiger partial charge in [0.15, 0.2) is 0 Å². The standard InChI is InChI=1S/C17H22O.2BrH.Mg/c1-18-16-5-3-2-4-15(16)17-9-12-6-13(10-17)8-14(7-12)11-17;;;/h2-5,12-14H,6-11H2,1H3;2*1H;/q;;;+2/p-2. The first-order valence-electron chi connectivity index (χ1n) is 7.42. The molecule has 112 valence electrons. The van der Waals surface area contributed by atoms with Crippen LogP contribution in [0.1, 0.15) is 44.1 Å². The number of benzene rings is 1. The second-order valence-electron chi connectivity index (χ2n) is 6.90. The van der Waals surface area contributed by atoms with Crippen LogP contribution in [0.4, 0.5) is 0 Å². The van der Waals surface area contributed by atoms with Gasteiger partial charge in [0, 0.05) is 5.56 Å². The van der Waals surface area contributed by atoms with Gasteiger partial charge < -0.3 is 38.7 Å². The number of rotatable bonds is 2. The van der Waals surface area contributed by atoms with Crippen LogP contribution in [0.25, 0.3) is 0 Å². The van der Waals surface area contributed by atoms with Crippen molar-refractivity contribution in [3.05, 3.63) is 29.8 Å². The van der Waals surface area contributed by atoms with Gasteiger partial charge >= 0.3 is 23.1 Å². The minimum absolute atomic E-state index is 0. The maximum Gasteiger partial charge on any atom is 2.00 e. The Bertz CT molecular complexity index is 442. The molecule has 4 saturated carbocycles. The Labute approximate surface area is 165 Å². The molecule has 0 heterocycles. The second-order valence-corrected chi connectivity index (χ2v) is 6.90. The van der Waals surface area contributed by atoms with E-state index in [9.17, 15) is 0 Å². The molecule has 4 heteroatoms. The predicted molar refractivity (Wildman–Crippen MR) is 78.6 cm³/mol. The molecule has 4 fully saturated rings. The summed E-state index contributed by atoms with van der Waals surface area (Å²) in [5.74, 6) is 4.13. The monoisotopic (exact) mass is 424 g/mol. The molecule has 1 nitrogen and oxygen atoms in total. The van der Waals surface area contributed by atoms with Crippen LogP contribution in [0.15, 0.2) is 24.3 Å². The van der Waals surface area contributed by atoms with E-state index < -0.39 is 0 Å². The van der Waals surface area contributed by atoms with Crippen molar-refractivity contribution >= 4 is 23.1 Å². The Morgan fingerprint density at radius 3 is 1.86 bits per heavy atom. The van der Waals surface area contributed by atoms with Gasteiger partial charge in [0.05, 0.1) is 7.11 Å². The number of methoxy groups -OCH3 is 1. The Morgan fingerprint density at radius 2 is 1.38 bits per heavy atom. The van der Waals surface area contributed by atoms with Gasteiger partial charge in [-0.15, -0.1) is 0 Å². The van der Waals surface area contributed by atoms with Gasteiger partial charge in [-0.25, -0.2) is 0 Å². The van der Waals surface area contributed by atoms with Crippen molar-refractivity contribution in [2.75, 3.05) is 7.11 Å². The van der Waals surface area contributed by atoms with Crippen LogP contribution >= 0.6 is 0 Å². The quantitative estimate of drug-likeness (QED) is 0.488. The van der Waals surface area contributed by atoms with Crippen LogP contribution < -0.4 is 38.7 Å². The van der Waals surface area contributed by atoms with E-state index in [4.69, 9.17) is 4.74 Å². The van der Waals surface area contributed by atoms with E-state index >= 15 is 0 Å². The van der Waals surface area contributed by atoms with Crippen LogP contribution in [0.3, 0.4) is 0 Å². The number of hydrogen-bond donors (Lipinski definition) is 0. The van der Waals surface area contributed by atoms with Crippen molar-refractivity contribution in [1.82, 2.24) is 0 Å². The largest absolute Gasteiger partial charge is 2.00 e. The summed E-state index contributed by atoms with van der Waals surface area (Å²) in [5.41, 5.74) is 1.97. The first kappa shape index (κ1) is 19.8. The van der Waals surface area contributed by atoms with Crippen molar-refractivity contribution in [1.29, 1.82) is 0 Å². The summed E-state index contributed by atoms with van der Waals surface area (Å²) in [5, 5.41) is 0. The zero-order chi connectivity index (χ0) is 12.2. The van der Waals surface area contributed by atoms with E-state index in [0.29, 0.717) is 5.41 Å². The van der Waals surface area contributed by atoms with Gasteiger partial charge in [0.25, 0.3) is 0 Å². The predicted octanol–water partition coefficient (Wildman–Crippen LogP) is -2.21. The van der Waals surface area contributed by atoms with Crippen molar-refractivity contribution < 1.29 is 38.7 Å². The van der Waals surface area contributed by atoms with Crippen molar-refractivity contribution in [2.45, 2.75) is 43.9 Å². The molecular weight excluding hydrogens is 404 g/mol. The molecular formula is C17H22Br2MgO. The third-order valence-electron chi connectivity index (χ3n) is 5.72. The molecule has 0 unspecified atom stereocenters. The number of halogens is 2. The Kier molecular flexibility index (Phi) is 7.11. The minimum atomic E-state index is 0. The van der Waals surface area contributed by atoms with Crippen LogP contribution in [0, 0.1) is 17.8 Å². The summed E-state index contributed by atoms with van der Waals surface area (Å²) in [6.45, 7) is 0. The van der Waals surface area contributed by atoms with Crippen LogP contribution in [0.2, 0.25) is 0 Å². The van der Waals surface area contributed by atoms with Gasteiger partial charge in [-0.1, -0.05) is 18.2 Å². The minimum Gasteiger partial charge on any atom is -1.00 e. The second kappa shape index (κ2) is 7.54. The molecule has 0 aliphatic heterocycles. The molecule has 4 aliphatic rings. The topological polar surface area (TPSA) is 9.23 Å². The van der Waals surface area contributed by atoms with E-state index in [-0.39, 0.29) is 57.0 Å². The average molecular weight is 426 g/mol. The zero-order valence-electron chi connectivity index (χ0n) is 12.7. The van der Waals surface area contributed by atoms with Gasteiger partial charge in [-0.05, 0) is 67.8 Å². The smallest absolute Gasteiger partial charge is 1.00 e. The molecule has 4 bridgehead atoms. The Morgan fingerprint density at radius 1 is 0.905 bits per heavy atom. The average Bonchev–Trinajstić information content (AvgIpc) is 2.37. The fourth-order valence-electron chi connectivity index (χ4n) is 5.52. The van der Waals surface area contributed by atoms with Gasteiger partial charge in [0.1, 0.15) is 5.75 Å². The maximum atomic E-state index is 5.63. The van der Waals surface area contributed by atoms with E-state index in [1.807, 2.05) is 7.11 Å². The number of ether oxygens (including phenoxy) is 1. The molecule has 1 aromatic rings. The Hall–Kier alpha value is 0.746. The van der Waals surface area contributed by atoms with E-state index in [0.717, 1.165) is 23.5 Å². The van der Waals surface area contributed by atoms with Crippen LogP contribution in [0.5, 0.6) is 5.75 Å². The molecule has 1 aromatic carbocycles. The van der Waals surface area contributed by atoms with E-state index in [1.54, 1.807) is 0 Å². The molecule has 0 N–H and O–H groups in total. The molecule has 0 spiro atoms. The van der Waals surface area contributed by atoms with E-state index in [1.165, 1.54) is 44.1 Å². The SMILES string of the molecule is COc1ccccc1C12CC3CC(CC(C3)C1)C2.[Br-].[Br-].[Mg+2]. The van der Waals surface area contributed by atoms with Crippen molar-refractivity contribution in [2.24, 2.45) is 17.8 Å². The Balaban J connectivity index is 0.000000735. The molecule has 0 saturated heterocycles. The fourth-order valence-corrected chi connectivity index (χ4v) is 5.52. The zero-order valence-corrected chi connectivity index (χ0v) is 17.2. The van der Waals surface area contributed by atoms with Crippen molar-refractivity contribution in [3.8, 4) is 5.75 Å². The van der Waals surface area contributed by atoms with Gasteiger partial charge in [0.2, 0.25) is 0 Å². The fraction of sp³-hybridized carbons (Fsp3) is 0.647. The van der Waals surface area contributed by atoms with Gasteiger partial charge in [-0.2, -0.15) is 0 Å². The number of hydrogen-bond acceptors (Lipinski definition) is 1. The summed E-state index contributed by atoms with van der Waals surface area (Å²) >= 11 is 0. The molecule has 0 atom stereocenters. The first-order chi connectivity index (χ1) is 8.79. The van der Waals surface area contributed by atoms with Crippen molar-refractivity contribution in [3.63, 3.8) is 0 Å². The number of para-hydroxylation sites is 1. The molecule has 0 aromatic heterocycles. The summed E-state index contributed by atoms with van der Waals surface area (Å²) in [6.07, 6.45) is 8.77.